The van der Waals surface area contributed by atoms with Crippen molar-refractivity contribution in [2.24, 2.45) is 17.8 Å². The molecule has 10 aromatic rings. The van der Waals surface area contributed by atoms with Crippen LogP contribution in [-0.4, -0.2) is 23.3 Å². The first kappa shape index (κ1) is 72.0. The molecule has 0 radical (unpaired) electrons. The lowest BCUT2D eigenvalue weighted by Gasteiger charge is -2.23. The molecule has 0 fully saturated rings. The maximum Gasteiger partial charge on any atom is 0.263 e. The van der Waals surface area contributed by atoms with E-state index in [0.29, 0.717) is 23.6 Å². The van der Waals surface area contributed by atoms with Gasteiger partial charge in [0, 0.05) is 105 Å². The predicted octanol–water partition coefficient (Wildman–Crippen LogP) is 30.5. The normalized spacial score (nSPS) is 13.9. The van der Waals surface area contributed by atoms with Gasteiger partial charge in [-0.15, -0.1) is 102 Å². The van der Waals surface area contributed by atoms with Crippen molar-refractivity contribution in [3.05, 3.63) is 90.3 Å². The summed E-state index contributed by atoms with van der Waals surface area (Å²) < 4.78 is 8.26. The third kappa shape index (κ3) is 16.3. The van der Waals surface area contributed by atoms with Gasteiger partial charge in [0.05, 0.1) is 20.9 Å². The first-order chi connectivity index (χ1) is 45.9. The molecule has 0 saturated carbocycles. The lowest BCUT2D eigenvalue weighted by molar-refractivity contribution is 0.0622. The van der Waals surface area contributed by atoms with Crippen molar-refractivity contribution < 1.29 is 9.59 Å². The van der Waals surface area contributed by atoms with E-state index in [-0.39, 0.29) is 11.8 Å². The zero-order valence-corrected chi connectivity index (χ0v) is 66.0. The number of imide groups is 1. The lowest BCUT2D eigenvalue weighted by Crippen LogP contribution is -2.35. The quantitative estimate of drug-likeness (QED) is 0.0283. The summed E-state index contributed by atoms with van der Waals surface area (Å²) in [5.74, 6) is 1.64. The van der Waals surface area contributed by atoms with Gasteiger partial charge in [0.15, 0.2) is 0 Å². The van der Waals surface area contributed by atoms with Crippen molar-refractivity contribution in [1.82, 2.24) is 4.90 Å². The number of unbranched alkanes of at least 4 members (excludes halogenated alkanes) is 16. The summed E-state index contributed by atoms with van der Waals surface area (Å²) in [4.78, 5) is 48.7. The fourth-order valence-electron chi connectivity index (χ4n) is 14.9. The van der Waals surface area contributed by atoms with Gasteiger partial charge in [-0.1, -0.05) is 209 Å². The van der Waals surface area contributed by atoms with E-state index >= 15 is 9.59 Å². The zero-order chi connectivity index (χ0) is 65.8. The summed E-state index contributed by atoms with van der Waals surface area (Å²) in [6, 6.07) is 19.8. The van der Waals surface area contributed by atoms with E-state index in [4.69, 9.17) is 0 Å². The predicted molar refractivity (Wildman–Crippen MR) is 429 cm³/mol. The van der Waals surface area contributed by atoms with Crippen molar-refractivity contribution in [3.63, 3.8) is 0 Å². The Balaban J connectivity index is 1.04. The van der Waals surface area contributed by atoms with Crippen LogP contribution in [0.1, 0.15) is 287 Å². The van der Waals surface area contributed by atoms with Crippen LogP contribution in [0.25, 0.3) is 89.1 Å². The van der Waals surface area contributed by atoms with Gasteiger partial charge in [0.25, 0.3) is 11.8 Å². The van der Waals surface area contributed by atoms with Crippen molar-refractivity contribution in [2.45, 2.75) is 275 Å². The highest BCUT2D eigenvalue weighted by Gasteiger charge is 2.44. The molecule has 0 aliphatic carbocycles. The molecule has 0 bridgehead atoms. The van der Waals surface area contributed by atoms with Crippen LogP contribution in [0.5, 0.6) is 0 Å². The molecule has 1 aliphatic heterocycles. The van der Waals surface area contributed by atoms with Gasteiger partial charge in [-0.2, -0.15) is 0 Å². The van der Waals surface area contributed by atoms with Crippen molar-refractivity contribution in [3.8, 4) is 50.1 Å². The molecule has 0 spiro atoms. The van der Waals surface area contributed by atoms with Gasteiger partial charge < -0.3 is 0 Å². The first-order valence-electron chi connectivity index (χ1n) is 37.2. The molecule has 1 aromatic carbocycles. The van der Waals surface area contributed by atoms with Gasteiger partial charge in [0.1, 0.15) is 0 Å². The Hall–Kier alpha value is -3.30. The lowest BCUT2D eigenvalue weighted by atomic mass is 9.93. The van der Waals surface area contributed by atoms with Gasteiger partial charge in [0.2, 0.25) is 0 Å². The molecule has 0 N–H and O–H groups in total. The first-order valence-corrected chi connectivity index (χ1v) is 44.6. The minimum absolute atomic E-state index is 0.0608. The fraction of sp³-hybridized carbons (Fsp3) is 0.561. The van der Waals surface area contributed by atoms with Gasteiger partial charge in [-0.3, -0.25) is 14.5 Å². The number of nitrogens with zero attached hydrogens (tertiary/aromatic N) is 1. The Labute approximate surface area is 601 Å². The van der Waals surface area contributed by atoms with E-state index in [1.807, 2.05) is 68.0 Å². The third-order valence-corrected chi connectivity index (χ3v) is 31.6. The van der Waals surface area contributed by atoms with E-state index in [0.717, 1.165) is 82.7 Å². The molecule has 12 heteroatoms. The molecule has 94 heavy (non-hydrogen) atoms. The average Bonchev–Trinajstić information content (AvgIpc) is 1.57. The molecular formula is C82H107NO2S9. The summed E-state index contributed by atoms with van der Waals surface area (Å²) >= 11 is 17.6. The minimum Gasteiger partial charge on any atom is -0.274 e. The fourth-order valence-corrected chi connectivity index (χ4v) is 26.7. The Morgan fingerprint density at radius 1 is 0.362 bits per heavy atom. The second-order valence-electron chi connectivity index (χ2n) is 27.8. The van der Waals surface area contributed by atoms with Gasteiger partial charge in [-0.05, 0) is 143 Å². The average molecular weight is 1430 g/mol. The topological polar surface area (TPSA) is 37.4 Å². The van der Waals surface area contributed by atoms with Crippen LogP contribution in [0.2, 0.25) is 0 Å². The van der Waals surface area contributed by atoms with Crippen LogP contribution in [0, 0.1) is 31.6 Å². The molecule has 0 saturated heterocycles. The van der Waals surface area contributed by atoms with Crippen LogP contribution in [-0.2, 0) is 25.7 Å². The summed E-state index contributed by atoms with van der Waals surface area (Å²) in [7, 11) is 0. The Kier molecular flexibility index (Phi) is 26.5. The molecule has 506 valence electrons. The third-order valence-electron chi connectivity index (χ3n) is 20.5. The smallest absolute Gasteiger partial charge is 0.263 e. The van der Waals surface area contributed by atoms with E-state index < -0.39 is 0 Å². The number of fused-ring (bicyclic) bond motifs is 5. The number of hydrogen-bond donors (Lipinski definition) is 0. The van der Waals surface area contributed by atoms with Crippen molar-refractivity contribution in [2.75, 3.05) is 6.54 Å². The Morgan fingerprint density at radius 2 is 0.798 bits per heavy atom. The number of carbonyl (C=O) groups excluding carboxylic acids is 2. The number of aryl methyl sites for hydroxylation is 4. The molecule has 3 atom stereocenters. The number of carbonyl (C=O) groups is 2. The van der Waals surface area contributed by atoms with Crippen LogP contribution in [0.3, 0.4) is 0 Å². The summed E-state index contributed by atoms with van der Waals surface area (Å²) in [6.07, 6.45) is 38.9. The summed E-state index contributed by atoms with van der Waals surface area (Å²) in [5.41, 5.74) is 7.18. The highest BCUT2D eigenvalue weighted by molar-refractivity contribution is 7.36. The number of hydrogen-bond acceptors (Lipinski definition) is 11. The standard InChI is InChI=1S/C82H107NO2S9/c1-11-19-25-29-30-32-38-56(37-31-26-20-12-2)51-83-81(84)72-73(82(83)85)80(94-79(72)68-49-66-74(91-68)59(53(10)87-66)39-33-27-21-13-3)69-50-67-76(92-69)60(40-34-28-22-14-4)75(90-67)65-48-62-71(64-44-42-58(89-64)47-55(18-8)36-24-16-6)77-61(45-52(9)86-77)70(78(62)93-65)63-43-41-57(88-63)46-54(17-7)35-23-15-5/h41-45,48-50,54-56H,11-40,46-47,51H2,1-10H3. The molecule has 11 rings (SSSR count). The maximum atomic E-state index is 15.6. The number of amides is 2. The van der Waals surface area contributed by atoms with Gasteiger partial charge >= 0.3 is 0 Å². The highest BCUT2D eigenvalue weighted by Crippen LogP contribution is 2.58. The van der Waals surface area contributed by atoms with Crippen molar-refractivity contribution in [1.29, 1.82) is 0 Å². The second-order valence-corrected chi connectivity index (χ2v) is 37.8. The molecule has 10 heterocycles. The van der Waals surface area contributed by atoms with Gasteiger partial charge in [-0.25, -0.2) is 0 Å². The second kappa shape index (κ2) is 34.7. The maximum absolute atomic E-state index is 15.6. The number of benzene rings is 1. The molecule has 1 aliphatic rings. The minimum atomic E-state index is -0.0619. The largest absolute Gasteiger partial charge is 0.274 e. The van der Waals surface area contributed by atoms with Crippen LogP contribution in [0.15, 0.2) is 48.5 Å². The Bertz CT molecular complexity index is 3980. The van der Waals surface area contributed by atoms with Crippen LogP contribution in [0.4, 0.5) is 0 Å². The van der Waals surface area contributed by atoms with E-state index in [1.54, 1.807) is 16.2 Å². The molecule has 9 aromatic heterocycles. The van der Waals surface area contributed by atoms with Crippen LogP contribution < -0.4 is 0 Å². The monoisotopic (exact) mass is 1430 g/mol. The molecule has 2 amide bonds. The molecule has 3 nitrogen and oxygen atoms in total. The number of thiophene rings is 9. The summed E-state index contributed by atoms with van der Waals surface area (Å²) in [6.45, 7) is 23.8. The molecular weight excluding hydrogens is 1320 g/mol. The highest BCUT2D eigenvalue weighted by atomic mass is 32.1. The zero-order valence-electron chi connectivity index (χ0n) is 58.6. The summed E-state index contributed by atoms with van der Waals surface area (Å²) in [5, 5.41) is 2.83. The van der Waals surface area contributed by atoms with Crippen LogP contribution >= 0.6 is 102 Å². The van der Waals surface area contributed by atoms with E-state index in [9.17, 15) is 0 Å². The van der Waals surface area contributed by atoms with Crippen molar-refractivity contribution >= 4 is 153 Å². The van der Waals surface area contributed by atoms with E-state index in [1.165, 1.54) is 254 Å². The molecule has 3 unspecified atom stereocenters. The SMILES string of the molecule is CCCCCCCCC(CCCCCC)CN1C(=O)c2c(-c3cc4sc(C)c(CCCCCC)c4s3)sc(-c3cc4sc(-c5cc6c(-c7ccc(CC(CC)CCCC)s7)c7sc(C)cc7c(-c7ccc(CC(CC)CCCC)s7)c6s5)c(CCCCCC)c4s3)c2C1=O. The number of rotatable bonds is 41. The Morgan fingerprint density at radius 3 is 1.34 bits per heavy atom. The van der Waals surface area contributed by atoms with E-state index in [2.05, 4.69) is 140 Å².